The molecule has 0 saturated carbocycles. The van der Waals surface area contributed by atoms with Crippen LogP contribution in [0.5, 0.6) is 0 Å². The Hall–Kier alpha value is -2.22. The normalized spacial score (nSPS) is 18.9. The Labute approximate surface area is 125 Å². The topological polar surface area (TPSA) is 115 Å². The average Bonchev–Trinajstić information content (AvgIpc) is 2.84. The van der Waals surface area contributed by atoms with Crippen LogP contribution in [0.15, 0.2) is 12.4 Å². The van der Waals surface area contributed by atoms with Gasteiger partial charge in [0.15, 0.2) is 0 Å². The largest absolute Gasteiger partial charge is 0.396 e. The van der Waals surface area contributed by atoms with Crippen LogP contribution in [0.1, 0.15) is 28.9 Å². The summed E-state index contributed by atoms with van der Waals surface area (Å²) in [4.78, 5) is 35.0. The average molecular weight is 305 g/mol. The third kappa shape index (κ3) is 2.31. The van der Waals surface area contributed by atoms with E-state index in [0.29, 0.717) is 33.9 Å². The number of thiophene rings is 1. The van der Waals surface area contributed by atoms with E-state index in [9.17, 15) is 9.59 Å². The van der Waals surface area contributed by atoms with Gasteiger partial charge in [0, 0.05) is 18.9 Å². The Morgan fingerprint density at radius 3 is 2.76 bits per heavy atom. The van der Waals surface area contributed by atoms with Crippen molar-refractivity contribution in [2.75, 3.05) is 12.3 Å². The van der Waals surface area contributed by atoms with Gasteiger partial charge in [0.05, 0.1) is 5.69 Å². The molecule has 0 aromatic carbocycles. The van der Waals surface area contributed by atoms with Gasteiger partial charge >= 0.3 is 0 Å². The van der Waals surface area contributed by atoms with Gasteiger partial charge in [-0.1, -0.05) is 0 Å². The summed E-state index contributed by atoms with van der Waals surface area (Å²) in [6, 6.07) is -0.559. The van der Waals surface area contributed by atoms with Crippen molar-refractivity contribution in [3.63, 3.8) is 0 Å². The van der Waals surface area contributed by atoms with Crippen molar-refractivity contribution < 1.29 is 9.59 Å². The van der Waals surface area contributed by atoms with Gasteiger partial charge in [-0.25, -0.2) is 9.97 Å². The number of nitrogen functional groups attached to an aromatic ring is 1. The van der Waals surface area contributed by atoms with Crippen molar-refractivity contribution in [3.05, 3.63) is 17.3 Å². The minimum Gasteiger partial charge on any atom is -0.396 e. The first-order chi connectivity index (χ1) is 10.1. The standard InChI is InChI=1S/C13H15N5O2S/c14-8-9-12(17-5-4-16-9)21-10(8)13(20)18-6-2-1-3-7(18)11(15)19/h4-5,7H,1-3,6,14H2,(H2,15,19). The van der Waals surface area contributed by atoms with Crippen LogP contribution in [0.3, 0.4) is 0 Å². The van der Waals surface area contributed by atoms with Crippen LogP contribution in [0.25, 0.3) is 10.3 Å². The summed E-state index contributed by atoms with van der Waals surface area (Å²) < 4.78 is 0. The second-order valence-electron chi connectivity index (χ2n) is 4.97. The third-order valence-electron chi connectivity index (χ3n) is 3.65. The fraction of sp³-hybridized carbons (Fsp3) is 0.385. The molecule has 2 amide bonds. The number of carbonyl (C=O) groups is 2. The number of nitrogens with zero attached hydrogens (tertiary/aromatic N) is 3. The van der Waals surface area contributed by atoms with E-state index < -0.39 is 11.9 Å². The van der Waals surface area contributed by atoms with Crippen molar-refractivity contribution in [1.82, 2.24) is 14.9 Å². The molecule has 7 nitrogen and oxygen atoms in total. The summed E-state index contributed by atoms with van der Waals surface area (Å²) in [5.41, 5.74) is 12.3. The molecule has 8 heteroatoms. The first kappa shape index (κ1) is 13.7. The minimum absolute atomic E-state index is 0.263. The van der Waals surface area contributed by atoms with Crippen molar-refractivity contribution >= 4 is 39.2 Å². The highest BCUT2D eigenvalue weighted by molar-refractivity contribution is 7.21. The van der Waals surface area contributed by atoms with Gasteiger partial charge in [0.25, 0.3) is 5.91 Å². The lowest BCUT2D eigenvalue weighted by atomic mass is 10.0. The quantitative estimate of drug-likeness (QED) is 0.849. The van der Waals surface area contributed by atoms with E-state index in [1.165, 1.54) is 22.4 Å². The smallest absolute Gasteiger partial charge is 0.266 e. The Kier molecular flexibility index (Phi) is 3.46. The second kappa shape index (κ2) is 5.28. The molecule has 21 heavy (non-hydrogen) atoms. The molecule has 3 rings (SSSR count). The third-order valence-corrected chi connectivity index (χ3v) is 4.74. The maximum Gasteiger partial charge on any atom is 0.266 e. The lowest BCUT2D eigenvalue weighted by molar-refractivity contribution is -0.123. The lowest BCUT2D eigenvalue weighted by Crippen LogP contribution is -2.50. The SMILES string of the molecule is NC(=O)C1CCCCN1C(=O)c1sc2nccnc2c1N. The van der Waals surface area contributed by atoms with Crippen LogP contribution in [-0.2, 0) is 4.79 Å². The highest BCUT2D eigenvalue weighted by Crippen LogP contribution is 2.32. The van der Waals surface area contributed by atoms with Gasteiger partial charge in [-0.3, -0.25) is 9.59 Å². The number of piperidine rings is 1. The summed E-state index contributed by atoms with van der Waals surface area (Å²) in [5, 5.41) is 0. The number of hydrogen-bond donors (Lipinski definition) is 2. The number of anilines is 1. The minimum atomic E-state index is -0.559. The van der Waals surface area contributed by atoms with E-state index in [2.05, 4.69) is 9.97 Å². The Balaban J connectivity index is 1.99. The number of primary amides is 1. The molecule has 110 valence electrons. The van der Waals surface area contributed by atoms with Crippen LogP contribution in [0.4, 0.5) is 5.69 Å². The molecule has 0 aliphatic carbocycles. The molecule has 0 radical (unpaired) electrons. The van der Waals surface area contributed by atoms with Gasteiger partial charge in [-0.15, -0.1) is 11.3 Å². The van der Waals surface area contributed by atoms with Crippen LogP contribution in [0, 0.1) is 0 Å². The summed E-state index contributed by atoms with van der Waals surface area (Å²) in [5.74, 6) is -0.736. The van der Waals surface area contributed by atoms with E-state index in [1.54, 1.807) is 6.20 Å². The summed E-state index contributed by atoms with van der Waals surface area (Å²) in [6.07, 6.45) is 5.44. The summed E-state index contributed by atoms with van der Waals surface area (Å²) in [7, 11) is 0. The number of carbonyl (C=O) groups excluding carboxylic acids is 2. The van der Waals surface area contributed by atoms with Gasteiger partial charge in [-0.05, 0) is 19.3 Å². The van der Waals surface area contributed by atoms with E-state index in [0.717, 1.165) is 12.8 Å². The molecule has 1 atom stereocenters. The van der Waals surface area contributed by atoms with Crippen LogP contribution < -0.4 is 11.5 Å². The predicted molar refractivity (Wildman–Crippen MR) is 79.7 cm³/mol. The molecular formula is C13H15N5O2S. The molecular weight excluding hydrogens is 290 g/mol. The molecule has 1 saturated heterocycles. The first-order valence-electron chi connectivity index (χ1n) is 6.69. The van der Waals surface area contributed by atoms with E-state index in [-0.39, 0.29) is 5.91 Å². The van der Waals surface area contributed by atoms with Crippen molar-refractivity contribution in [2.45, 2.75) is 25.3 Å². The number of rotatable bonds is 2. The van der Waals surface area contributed by atoms with Crippen molar-refractivity contribution in [3.8, 4) is 0 Å². The Morgan fingerprint density at radius 1 is 1.29 bits per heavy atom. The van der Waals surface area contributed by atoms with Crippen LogP contribution >= 0.6 is 11.3 Å². The number of aromatic nitrogens is 2. The Bertz CT molecular complexity index is 714. The van der Waals surface area contributed by atoms with E-state index in [4.69, 9.17) is 11.5 Å². The van der Waals surface area contributed by atoms with Crippen LogP contribution in [0.2, 0.25) is 0 Å². The highest BCUT2D eigenvalue weighted by Gasteiger charge is 2.33. The van der Waals surface area contributed by atoms with Gasteiger partial charge < -0.3 is 16.4 Å². The first-order valence-corrected chi connectivity index (χ1v) is 7.50. The van der Waals surface area contributed by atoms with Gasteiger partial charge in [0.2, 0.25) is 5.91 Å². The fourth-order valence-electron chi connectivity index (χ4n) is 2.60. The molecule has 0 bridgehead atoms. The summed E-state index contributed by atoms with van der Waals surface area (Å²) in [6.45, 7) is 0.515. The zero-order chi connectivity index (χ0) is 15.0. The number of hydrogen-bond acceptors (Lipinski definition) is 6. The van der Waals surface area contributed by atoms with Gasteiger partial charge in [0.1, 0.15) is 21.3 Å². The number of nitrogens with two attached hydrogens (primary N) is 2. The molecule has 1 unspecified atom stereocenters. The van der Waals surface area contributed by atoms with Crippen molar-refractivity contribution in [2.24, 2.45) is 5.73 Å². The summed E-state index contributed by atoms with van der Waals surface area (Å²) >= 11 is 1.20. The maximum absolute atomic E-state index is 12.7. The van der Waals surface area contributed by atoms with E-state index >= 15 is 0 Å². The molecule has 1 fully saturated rings. The van der Waals surface area contributed by atoms with Crippen LogP contribution in [-0.4, -0.2) is 39.3 Å². The van der Waals surface area contributed by atoms with Gasteiger partial charge in [-0.2, -0.15) is 0 Å². The molecule has 1 aliphatic rings. The monoisotopic (exact) mass is 305 g/mol. The Morgan fingerprint density at radius 2 is 2.05 bits per heavy atom. The predicted octanol–water partition coefficient (Wildman–Crippen LogP) is 0.753. The number of fused-ring (bicyclic) bond motifs is 1. The second-order valence-corrected chi connectivity index (χ2v) is 5.97. The molecule has 4 N–H and O–H groups in total. The number of likely N-dealkylation sites (tertiary alicyclic amines) is 1. The van der Waals surface area contributed by atoms with Crippen molar-refractivity contribution in [1.29, 1.82) is 0 Å². The number of amides is 2. The van der Waals surface area contributed by atoms with E-state index in [1.807, 2.05) is 0 Å². The molecule has 2 aromatic heterocycles. The lowest BCUT2D eigenvalue weighted by Gasteiger charge is -2.33. The zero-order valence-corrected chi connectivity index (χ0v) is 12.1. The molecule has 2 aromatic rings. The molecule has 1 aliphatic heterocycles. The zero-order valence-electron chi connectivity index (χ0n) is 11.3. The molecule has 0 spiro atoms. The molecule has 3 heterocycles. The maximum atomic E-state index is 12.7. The fourth-order valence-corrected chi connectivity index (χ4v) is 3.58. The highest BCUT2D eigenvalue weighted by atomic mass is 32.1.